The number of sulfonamides is 1. The quantitative estimate of drug-likeness (QED) is 0.503. The molecule has 164 valence electrons. The van der Waals surface area contributed by atoms with E-state index in [2.05, 4.69) is 15.0 Å². The van der Waals surface area contributed by atoms with E-state index in [4.69, 9.17) is 0 Å². The van der Waals surface area contributed by atoms with Crippen LogP contribution in [0.2, 0.25) is 0 Å². The predicted molar refractivity (Wildman–Crippen MR) is 126 cm³/mol. The van der Waals surface area contributed by atoms with Gasteiger partial charge in [-0.15, -0.1) is 0 Å². The minimum Gasteiger partial charge on any atom is -0.326 e. The molecule has 0 radical (unpaired) electrons. The van der Waals surface area contributed by atoms with Gasteiger partial charge in [-0.05, 0) is 62.4 Å². The average molecular weight is 458 g/mol. The zero-order valence-electron chi connectivity index (χ0n) is 17.8. The second-order valence-electron chi connectivity index (χ2n) is 8.33. The highest BCUT2D eigenvalue weighted by Crippen LogP contribution is 2.33. The van der Waals surface area contributed by atoms with Crippen LogP contribution < -0.4 is 10.0 Å². The maximum atomic E-state index is 12.7. The van der Waals surface area contributed by atoms with Crippen LogP contribution in [-0.2, 0) is 14.8 Å². The summed E-state index contributed by atoms with van der Waals surface area (Å²) >= 11 is 1.26. The molecule has 0 spiro atoms. The number of benzene rings is 2. The summed E-state index contributed by atoms with van der Waals surface area (Å²) < 4.78 is 28.8. The third-order valence-electron chi connectivity index (χ3n) is 5.72. The Labute approximate surface area is 187 Å². The van der Waals surface area contributed by atoms with Crippen molar-refractivity contribution < 1.29 is 13.2 Å². The molecule has 8 heteroatoms. The molecule has 1 amide bonds. The van der Waals surface area contributed by atoms with Gasteiger partial charge in [0.05, 0.1) is 15.1 Å². The van der Waals surface area contributed by atoms with Gasteiger partial charge in [-0.3, -0.25) is 9.52 Å². The molecule has 1 aromatic heterocycles. The first-order chi connectivity index (χ1) is 14.8. The number of aromatic nitrogens is 1. The second kappa shape index (κ2) is 8.96. The van der Waals surface area contributed by atoms with Crippen LogP contribution in [0, 0.1) is 19.8 Å². The Bertz CT molecular complexity index is 1190. The van der Waals surface area contributed by atoms with Gasteiger partial charge in [0.1, 0.15) is 0 Å². The predicted octanol–water partition coefficient (Wildman–Crippen LogP) is 5.62. The summed E-state index contributed by atoms with van der Waals surface area (Å²) in [5, 5.41) is 3.32. The lowest BCUT2D eigenvalue weighted by atomic mass is 9.87. The van der Waals surface area contributed by atoms with Crippen molar-refractivity contribution in [3.05, 3.63) is 47.5 Å². The summed E-state index contributed by atoms with van der Waals surface area (Å²) in [4.78, 5) is 17.2. The molecule has 0 bridgehead atoms. The summed E-state index contributed by atoms with van der Waals surface area (Å²) in [6.07, 6.45) is 6.52. The molecule has 31 heavy (non-hydrogen) atoms. The van der Waals surface area contributed by atoms with Crippen molar-refractivity contribution in [1.29, 1.82) is 0 Å². The number of hydrogen-bond donors (Lipinski definition) is 2. The van der Waals surface area contributed by atoms with Gasteiger partial charge in [-0.2, -0.15) is 0 Å². The summed E-state index contributed by atoms with van der Waals surface area (Å²) in [6.45, 7) is 3.82. The zero-order valence-corrected chi connectivity index (χ0v) is 19.4. The molecule has 2 aromatic carbocycles. The Morgan fingerprint density at radius 3 is 2.52 bits per heavy atom. The lowest BCUT2D eigenvalue weighted by molar-refractivity contribution is -0.117. The van der Waals surface area contributed by atoms with Gasteiger partial charge in [-0.25, -0.2) is 13.4 Å². The molecule has 1 heterocycles. The Hall–Kier alpha value is -2.45. The Kier molecular flexibility index (Phi) is 6.29. The normalized spacial score (nSPS) is 15.2. The molecular formula is C23H27N3O3S2. The minimum atomic E-state index is -3.71. The molecule has 3 aromatic rings. The molecule has 1 aliphatic carbocycles. The van der Waals surface area contributed by atoms with Gasteiger partial charge < -0.3 is 5.32 Å². The smallest absolute Gasteiger partial charge is 0.263 e. The molecule has 1 fully saturated rings. The molecule has 0 aliphatic heterocycles. The molecule has 0 unspecified atom stereocenters. The first-order valence-corrected chi connectivity index (χ1v) is 12.9. The Balaban J connectivity index is 1.50. The fraction of sp³-hybridized carbons (Fsp3) is 0.391. The van der Waals surface area contributed by atoms with Crippen LogP contribution in [0.25, 0.3) is 10.2 Å². The van der Waals surface area contributed by atoms with Crippen LogP contribution in [0.5, 0.6) is 0 Å². The van der Waals surface area contributed by atoms with Gasteiger partial charge in [0.15, 0.2) is 5.13 Å². The number of carbonyl (C=O) groups excluding carboxylic acids is 1. The molecule has 1 aliphatic rings. The summed E-state index contributed by atoms with van der Waals surface area (Å²) in [5.41, 5.74) is 3.34. The maximum Gasteiger partial charge on any atom is 0.263 e. The number of anilines is 2. The molecule has 0 saturated heterocycles. The zero-order chi connectivity index (χ0) is 22.0. The molecule has 2 N–H and O–H groups in total. The van der Waals surface area contributed by atoms with E-state index < -0.39 is 10.0 Å². The largest absolute Gasteiger partial charge is 0.326 e. The number of amides is 1. The van der Waals surface area contributed by atoms with E-state index in [1.807, 2.05) is 26.0 Å². The Morgan fingerprint density at radius 1 is 1.10 bits per heavy atom. The number of hydrogen-bond acceptors (Lipinski definition) is 5. The number of rotatable bonds is 6. The first-order valence-electron chi connectivity index (χ1n) is 10.6. The Morgan fingerprint density at radius 2 is 1.81 bits per heavy atom. The van der Waals surface area contributed by atoms with Crippen LogP contribution in [0.1, 0.15) is 49.7 Å². The van der Waals surface area contributed by atoms with Gasteiger partial charge >= 0.3 is 0 Å². The van der Waals surface area contributed by atoms with Crippen LogP contribution in [0.4, 0.5) is 10.8 Å². The highest BCUT2D eigenvalue weighted by molar-refractivity contribution is 7.93. The maximum absolute atomic E-state index is 12.7. The van der Waals surface area contributed by atoms with Crippen LogP contribution in [0.3, 0.4) is 0 Å². The van der Waals surface area contributed by atoms with E-state index in [1.54, 1.807) is 24.3 Å². The van der Waals surface area contributed by atoms with E-state index in [-0.39, 0.29) is 10.8 Å². The molecule has 0 atom stereocenters. The van der Waals surface area contributed by atoms with Crippen LogP contribution >= 0.6 is 11.3 Å². The monoisotopic (exact) mass is 457 g/mol. The van der Waals surface area contributed by atoms with E-state index in [0.717, 1.165) is 39.9 Å². The topological polar surface area (TPSA) is 88.2 Å². The lowest BCUT2D eigenvalue weighted by Gasteiger charge is -2.20. The van der Waals surface area contributed by atoms with Crippen molar-refractivity contribution in [2.24, 2.45) is 5.92 Å². The van der Waals surface area contributed by atoms with Gasteiger partial charge in [-0.1, -0.05) is 48.3 Å². The van der Waals surface area contributed by atoms with Crippen LogP contribution in [0.15, 0.2) is 41.3 Å². The second-order valence-corrected chi connectivity index (χ2v) is 11.0. The third kappa shape index (κ3) is 5.25. The number of nitrogens with one attached hydrogen (secondary N) is 2. The first kappa shape index (κ1) is 21.8. The minimum absolute atomic E-state index is 0.0375. The SMILES string of the molecule is Cc1ccc(S(=O)(=O)Nc2nc3c(C)cc(NC(=O)CC4CCCCC4)cc3s2)cc1. The van der Waals surface area contributed by atoms with Crippen LogP contribution in [-0.4, -0.2) is 19.3 Å². The summed E-state index contributed by atoms with van der Waals surface area (Å²) in [6, 6.07) is 10.4. The fourth-order valence-corrected chi connectivity index (χ4v) is 6.29. The molecule has 1 saturated carbocycles. The van der Waals surface area contributed by atoms with Gasteiger partial charge in [0.25, 0.3) is 10.0 Å². The van der Waals surface area contributed by atoms with E-state index in [0.29, 0.717) is 17.5 Å². The standard InChI is InChI=1S/C23H27N3O3S2/c1-15-8-10-19(11-9-15)31(28,29)26-23-25-22-16(2)12-18(14-20(22)30-23)24-21(27)13-17-6-4-3-5-7-17/h8-12,14,17H,3-7,13H2,1-2H3,(H,24,27)(H,25,26). The van der Waals surface area contributed by atoms with Crippen molar-refractivity contribution in [3.63, 3.8) is 0 Å². The van der Waals surface area contributed by atoms with E-state index >= 15 is 0 Å². The summed E-state index contributed by atoms with van der Waals surface area (Å²) in [5.74, 6) is 0.514. The molecular weight excluding hydrogens is 430 g/mol. The third-order valence-corrected chi connectivity index (χ3v) is 8.12. The van der Waals surface area contributed by atoms with Crippen molar-refractivity contribution in [1.82, 2.24) is 4.98 Å². The van der Waals surface area contributed by atoms with Crippen molar-refractivity contribution in [2.45, 2.75) is 57.3 Å². The molecule has 6 nitrogen and oxygen atoms in total. The molecule has 4 rings (SSSR count). The number of thiazole rings is 1. The number of nitrogens with zero attached hydrogens (tertiary/aromatic N) is 1. The number of fused-ring (bicyclic) bond motifs is 1. The fourth-order valence-electron chi connectivity index (χ4n) is 4.07. The highest BCUT2D eigenvalue weighted by Gasteiger charge is 2.19. The lowest BCUT2D eigenvalue weighted by Crippen LogP contribution is -2.18. The number of carbonyl (C=O) groups is 1. The highest BCUT2D eigenvalue weighted by atomic mass is 32.2. The number of aryl methyl sites for hydroxylation is 2. The van der Waals surface area contributed by atoms with Crippen molar-refractivity contribution in [2.75, 3.05) is 10.0 Å². The van der Waals surface area contributed by atoms with Gasteiger partial charge in [0.2, 0.25) is 5.91 Å². The van der Waals surface area contributed by atoms with E-state index in [1.165, 1.54) is 30.6 Å². The van der Waals surface area contributed by atoms with Crippen molar-refractivity contribution >= 4 is 48.3 Å². The van der Waals surface area contributed by atoms with Gasteiger partial charge in [0, 0.05) is 12.1 Å². The van der Waals surface area contributed by atoms with Crippen molar-refractivity contribution in [3.8, 4) is 0 Å². The summed E-state index contributed by atoms with van der Waals surface area (Å²) in [7, 11) is -3.71. The van der Waals surface area contributed by atoms with E-state index in [9.17, 15) is 13.2 Å². The average Bonchev–Trinajstić information content (AvgIpc) is 3.11.